The third-order valence-electron chi connectivity index (χ3n) is 1.97. The molecule has 15 heavy (non-hydrogen) atoms. The lowest BCUT2D eigenvalue weighted by molar-refractivity contribution is -0.333. The van der Waals surface area contributed by atoms with Crippen molar-refractivity contribution in [2.75, 3.05) is 0 Å². The van der Waals surface area contributed by atoms with E-state index in [4.69, 9.17) is 9.78 Å². The fourth-order valence-electron chi connectivity index (χ4n) is 1.11. The Morgan fingerprint density at radius 3 is 2.40 bits per heavy atom. The van der Waals surface area contributed by atoms with Crippen molar-refractivity contribution in [3.05, 3.63) is 54.7 Å². The zero-order valence-electron chi connectivity index (χ0n) is 9.49. The summed E-state index contributed by atoms with van der Waals surface area (Å²) < 4.78 is 0. The number of rotatable bonds is 5. The number of hydrogen-bond donors (Lipinski definition) is 0. The van der Waals surface area contributed by atoms with Crippen molar-refractivity contribution < 1.29 is 9.78 Å². The molecule has 0 heterocycles. The predicted octanol–water partition coefficient (Wildman–Crippen LogP) is 3.61. The van der Waals surface area contributed by atoms with Gasteiger partial charge in [-0.1, -0.05) is 36.9 Å². The maximum absolute atomic E-state index is 5.31. The Balaban J connectivity index is 2.56. The Hall–Kier alpha value is -1.12. The lowest BCUT2D eigenvalue weighted by Gasteiger charge is -2.23. The first kappa shape index (κ1) is 12.0. The van der Waals surface area contributed by atoms with Crippen LogP contribution in [0.4, 0.5) is 0 Å². The zero-order valence-corrected chi connectivity index (χ0v) is 9.49. The molecular formula is C13H17O2. The molecule has 0 N–H and O–H groups in total. The third-order valence-corrected chi connectivity index (χ3v) is 1.97. The first-order chi connectivity index (χ1) is 7.02. The van der Waals surface area contributed by atoms with Gasteiger partial charge in [0.1, 0.15) is 12.2 Å². The van der Waals surface area contributed by atoms with E-state index in [-0.39, 0.29) is 0 Å². The normalized spacial score (nSPS) is 11.4. The maximum Gasteiger partial charge on any atom is 0.147 e. The van der Waals surface area contributed by atoms with E-state index in [2.05, 4.69) is 6.58 Å². The van der Waals surface area contributed by atoms with E-state index in [1.165, 1.54) is 6.61 Å². The van der Waals surface area contributed by atoms with Crippen molar-refractivity contribution in [2.24, 2.45) is 0 Å². The van der Waals surface area contributed by atoms with Gasteiger partial charge in [0, 0.05) is 0 Å². The molecule has 81 valence electrons. The molecule has 0 spiro atoms. The highest BCUT2D eigenvalue weighted by molar-refractivity contribution is 5.20. The molecule has 0 aromatic heterocycles. The van der Waals surface area contributed by atoms with Gasteiger partial charge in [0.15, 0.2) is 0 Å². The van der Waals surface area contributed by atoms with Gasteiger partial charge in [-0.2, -0.15) is 0 Å². The summed E-state index contributed by atoms with van der Waals surface area (Å²) in [6, 6.07) is 9.93. The van der Waals surface area contributed by atoms with Gasteiger partial charge in [-0.3, -0.25) is 0 Å². The molecule has 1 aromatic carbocycles. The molecular weight excluding hydrogens is 188 g/mol. The average Bonchev–Trinajstić information content (AvgIpc) is 2.18. The molecule has 0 aliphatic carbocycles. The Morgan fingerprint density at radius 1 is 1.27 bits per heavy atom. The molecule has 2 heteroatoms. The van der Waals surface area contributed by atoms with Gasteiger partial charge in [-0.25, -0.2) is 9.78 Å². The van der Waals surface area contributed by atoms with Crippen molar-refractivity contribution in [3.63, 3.8) is 0 Å². The molecule has 0 atom stereocenters. The van der Waals surface area contributed by atoms with Crippen LogP contribution in [0.15, 0.2) is 42.5 Å². The summed E-state index contributed by atoms with van der Waals surface area (Å²) >= 11 is 0. The lowest BCUT2D eigenvalue weighted by Crippen LogP contribution is -2.21. The summed E-state index contributed by atoms with van der Waals surface area (Å²) in [4.78, 5) is 10.3. The highest BCUT2D eigenvalue weighted by Crippen LogP contribution is 2.24. The van der Waals surface area contributed by atoms with Crippen LogP contribution in [-0.4, -0.2) is 0 Å². The summed E-state index contributed by atoms with van der Waals surface area (Å²) in [6.07, 6.45) is 0. The summed E-state index contributed by atoms with van der Waals surface area (Å²) in [6.45, 7) is 10.9. The maximum atomic E-state index is 5.31. The Kier molecular flexibility index (Phi) is 4.06. The molecule has 0 bridgehead atoms. The van der Waals surface area contributed by atoms with Crippen LogP contribution in [0.3, 0.4) is 0 Å². The van der Waals surface area contributed by atoms with Crippen molar-refractivity contribution in [2.45, 2.75) is 26.4 Å². The highest BCUT2D eigenvalue weighted by atomic mass is 17.2. The van der Waals surface area contributed by atoms with E-state index in [9.17, 15) is 0 Å². The lowest BCUT2D eigenvalue weighted by atomic mass is 9.99. The summed E-state index contributed by atoms with van der Waals surface area (Å²) in [7, 11) is 0. The monoisotopic (exact) mass is 205 g/mol. The van der Waals surface area contributed by atoms with Crippen LogP contribution in [0.2, 0.25) is 0 Å². The van der Waals surface area contributed by atoms with Crippen molar-refractivity contribution in [1.29, 1.82) is 0 Å². The highest BCUT2D eigenvalue weighted by Gasteiger charge is 2.22. The van der Waals surface area contributed by atoms with Gasteiger partial charge < -0.3 is 0 Å². The predicted molar refractivity (Wildman–Crippen MR) is 60.8 cm³/mol. The molecule has 1 rings (SSSR count). The topological polar surface area (TPSA) is 18.5 Å². The minimum Gasteiger partial charge on any atom is -0.225 e. The third kappa shape index (κ3) is 3.86. The van der Waals surface area contributed by atoms with Gasteiger partial charge in [0.25, 0.3) is 0 Å². The minimum absolute atomic E-state index is 0.465. The molecule has 2 nitrogen and oxygen atoms in total. The van der Waals surface area contributed by atoms with Gasteiger partial charge in [0.2, 0.25) is 0 Å². The van der Waals surface area contributed by atoms with Gasteiger partial charge in [-0.15, -0.1) is 0 Å². The van der Waals surface area contributed by atoms with Gasteiger partial charge in [-0.05, 0) is 31.9 Å². The van der Waals surface area contributed by atoms with Crippen LogP contribution in [0, 0.1) is 6.61 Å². The second-order valence-electron chi connectivity index (χ2n) is 4.02. The first-order valence-corrected chi connectivity index (χ1v) is 4.91. The Morgan fingerprint density at radius 2 is 1.87 bits per heavy atom. The van der Waals surface area contributed by atoms with Crippen LogP contribution in [0.25, 0.3) is 0 Å². The first-order valence-electron chi connectivity index (χ1n) is 4.91. The van der Waals surface area contributed by atoms with E-state index in [0.29, 0.717) is 0 Å². The van der Waals surface area contributed by atoms with Crippen molar-refractivity contribution in [1.82, 2.24) is 0 Å². The Bertz CT molecular complexity index is 315. The van der Waals surface area contributed by atoms with Crippen LogP contribution >= 0.6 is 0 Å². The summed E-state index contributed by atoms with van der Waals surface area (Å²) in [5, 5.41) is 0. The van der Waals surface area contributed by atoms with E-state index in [1.807, 2.05) is 51.1 Å². The number of benzene rings is 1. The molecule has 0 saturated carbocycles. The number of hydrogen-bond acceptors (Lipinski definition) is 2. The Labute approximate surface area is 91.5 Å². The smallest absolute Gasteiger partial charge is 0.147 e. The standard InChI is InChI=1S/C13H17O2/c1-11(2)10-14-15-13(3,4)12-8-6-5-7-9-12/h5-10H,1H2,2-4H3. The quantitative estimate of drug-likeness (QED) is 0.540. The molecule has 0 unspecified atom stereocenters. The largest absolute Gasteiger partial charge is 0.225 e. The van der Waals surface area contributed by atoms with Crippen molar-refractivity contribution >= 4 is 0 Å². The van der Waals surface area contributed by atoms with Crippen LogP contribution < -0.4 is 0 Å². The van der Waals surface area contributed by atoms with Crippen molar-refractivity contribution in [3.8, 4) is 0 Å². The SMILES string of the molecule is C=C(C)[CH]OOC(C)(C)c1ccccc1. The summed E-state index contributed by atoms with van der Waals surface area (Å²) in [5.74, 6) is 0. The van der Waals surface area contributed by atoms with Gasteiger partial charge >= 0.3 is 0 Å². The molecule has 1 radical (unpaired) electrons. The van der Waals surface area contributed by atoms with E-state index in [0.717, 1.165) is 11.1 Å². The fourth-order valence-corrected chi connectivity index (χ4v) is 1.11. The molecule has 0 fully saturated rings. The zero-order chi connectivity index (χ0) is 11.3. The molecule has 1 aromatic rings. The van der Waals surface area contributed by atoms with E-state index in [1.54, 1.807) is 0 Å². The van der Waals surface area contributed by atoms with Gasteiger partial charge in [0.05, 0.1) is 0 Å². The van der Waals surface area contributed by atoms with E-state index < -0.39 is 5.60 Å². The van der Waals surface area contributed by atoms with Crippen LogP contribution in [0.1, 0.15) is 26.3 Å². The second-order valence-corrected chi connectivity index (χ2v) is 4.02. The molecule has 0 saturated heterocycles. The van der Waals surface area contributed by atoms with Crippen LogP contribution in [-0.2, 0) is 15.4 Å². The van der Waals surface area contributed by atoms with Crippen LogP contribution in [0.5, 0.6) is 0 Å². The average molecular weight is 205 g/mol. The molecule has 0 aliphatic rings. The van der Waals surface area contributed by atoms with E-state index >= 15 is 0 Å². The second kappa shape index (κ2) is 5.10. The fraction of sp³-hybridized carbons (Fsp3) is 0.308. The molecule has 0 aliphatic heterocycles. The molecule has 0 amide bonds. The summed E-state index contributed by atoms with van der Waals surface area (Å²) in [5.41, 5.74) is 1.42. The minimum atomic E-state index is -0.465.